The lowest BCUT2D eigenvalue weighted by Crippen LogP contribution is -2.45. The zero-order valence-electron chi connectivity index (χ0n) is 20.5. The van der Waals surface area contributed by atoms with Crippen LogP contribution in [0.15, 0.2) is 53.5 Å². The van der Waals surface area contributed by atoms with E-state index in [1.165, 1.54) is 11.8 Å². The Hall–Kier alpha value is -2.27. The number of fused-ring (bicyclic) bond motifs is 1. The average Bonchev–Trinajstić information content (AvgIpc) is 3.24. The van der Waals surface area contributed by atoms with Gasteiger partial charge in [-0.3, -0.25) is 4.79 Å². The van der Waals surface area contributed by atoms with Gasteiger partial charge in [-0.05, 0) is 38.5 Å². The summed E-state index contributed by atoms with van der Waals surface area (Å²) in [6.45, 7) is 5.19. The second-order valence-electron chi connectivity index (χ2n) is 9.86. The number of halogens is 2. The first kappa shape index (κ1) is 27.8. The molecule has 2 fully saturated rings. The summed E-state index contributed by atoms with van der Waals surface area (Å²) >= 11 is 14.1. The maximum absolute atomic E-state index is 13.5. The zero-order valence-corrected chi connectivity index (χ0v) is 23.6. The van der Waals surface area contributed by atoms with Crippen molar-refractivity contribution in [2.24, 2.45) is 4.99 Å². The van der Waals surface area contributed by atoms with Crippen LogP contribution in [-0.2, 0) is 25.8 Å². The number of thioether (sulfide) groups is 1. The highest BCUT2D eigenvalue weighted by Gasteiger charge is 2.50. The monoisotopic (exact) mass is 583 g/mol. The van der Waals surface area contributed by atoms with Crippen LogP contribution in [0.5, 0.6) is 0 Å². The van der Waals surface area contributed by atoms with E-state index >= 15 is 0 Å². The number of amides is 2. The summed E-state index contributed by atoms with van der Waals surface area (Å²) < 4.78 is 30.1. The summed E-state index contributed by atoms with van der Waals surface area (Å²) in [5.74, 6) is -0.756. The number of aliphatic imine (C=N–C) groups is 1. The molecule has 0 aliphatic carbocycles. The van der Waals surface area contributed by atoms with Gasteiger partial charge in [0, 0.05) is 11.7 Å². The molecule has 198 valence electrons. The molecule has 4 rings (SSSR count). The van der Waals surface area contributed by atoms with Gasteiger partial charge in [0.2, 0.25) is 0 Å². The second-order valence-corrected chi connectivity index (χ2v) is 14.0. The standard InChI is InChI=1S/C25H27Cl2N3O5S2/c1-25(2,3)35-24(32)28-18(12-15-8-5-4-6-9-15)22(31)29-23-30(21-16(26)10-7-11-17(21)27)19-13-37(33,34)14-20(19)36-23/h4-11,18-20H,12-14H2,1-3H3,(H,28,32)/t18-,19-,20-/m0/s1. The van der Waals surface area contributed by atoms with Gasteiger partial charge in [-0.25, -0.2) is 13.2 Å². The minimum Gasteiger partial charge on any atom is -0.444 e. The van der Waals surface area contributed by atoms with Crippen LogP contribution in [0, 0.1) is 0 Å². The highest BCUT2D eigenvalue weighted by Crippen LogP contribution is 2.45. The highest BCUT2D eigenvalue weighted by atomic mass is 35.5. The van der Waals surface area contributed by atoms with Crippen molar-refractivity contribution in [2.75, 3.05) is 16.4 Å². The molecular weight excluding hydrogens is 557 g/mol. The van der Waals surface area contributed by atoms with E-state index in [1.54, 1.807) is 43.9 Å². The molecular formula is C25H27Cl2N3O5S2. The first-order valence-electron chi connectivity index (χ1n) is 11.6. The number of nitrogens with zero attached hydrogens (tertiary/aromatic N) is 2. The molecule has 2 aliphatic rings. The smallest absolute Gasteiger partial charge is 0.408 e. The van der Waals surface area contributed by atoms with Crippen LogP contribution in [0.4, 0.5) is 10.5 Å². The fourth-order valence-corrected chi connectivity index (χ4v) is 8.70. The number of anilines is 1. The SMILES string of the molecule is CC(C)(C)OC(=O)N[C@@H](Cc1ccccc1)C(=O)N=C1S[C@H]2CS(=O)(=O)C[C@@H]2N1c1c(Cl)cccc1Cl. The Kier molecular flexibility index (Phi) is 8.13. The summed E-state index contributed by atoms with van der Waals surface area (Å²) in [5, 5.41) is 3.21. The molecule has 0 aromatic heterocycles. The Morgan fingerprint density at radius 1 is 1.11 bits per heavy atom. The minimum absolute atomic E-state index is 0.0439. The minimum atomic E-state index is -3.28. The van der Waals surface area contributed by atoms with Crippen molar-refractivity contribution in [3.63, 3.8) is 0 Å². The number of hydrogen-bond acceptors (Lipinski definition) is 6. The summed E-state index contributed by atoms with van der Waals surface area (Å²) in [7, 11) is -3.28. The number of carbonyl (C=O) groups excluding carboxylic acids is 2. The third-order valence-electron chi connectivity index (χ3n) is 5.72. The van der Waals surface area contributed by atoms with E-state index in [0.717, 1.165) is 5.56 Å². The largest absolute Gasteiger partial charge is 0.444 e. The van der Waals surface area contributed by atoms with Crippen molar-refractivity contribution in [3.05, 3.63) is 64.1 Å². The number of nitrogens with one attached hydrogen (secondary N) is 1. The summed E-state index contributed by atoms with van der Waals surface area (Å²) in [4.78, 5) is 32.1. The molecule has 2 amide bonds. The molecule has 2 aromatic rings. The van der Waals surface area contributed by atoms with Crippen LogP contribution in [0.25, 0.3) is 0 Å². The molecule has 2 saturated heterocycles. The Morgan fingerprint density at radius 2 is 1.76 bits per heavy atom. The van der Waals surface area contributed by atoms with E-state index in [2.05, 4.69) is 10.3 Å². The number of ether oxygens (including phenoxy) is 1. The fraction of sp³-hybridized carbons (Fsp3) is 0.400. The van der Waals surface area contributed by atoms with Crippen molar-refractivity contribution >= 4 is 67.7 Å². The van der Waals surface area contributed by atoms with E-state index < -0.39 is 39.5 Å². The predicted molar refractivity (Wildman–Crippen MR) is 149 cm³/mol. The second kappa shape index (κ2) is 10.8. The first-order valence-corrected chi connectivity index (χ1v) is 15.0. The maximum atomic E-state index is 13.5. The third-order valence-corrected chi connectivity index (χ3v) is 9.54. The van der Waals surface area contributed by atoms with Gasteiger partial charge in [0.1, 0.15) is 11.6 Å². The number of para-hydroxylation sites is 1. The molecule has 0 saturated carbocycles. The molecule has 0 spiro atoms. The maximum Gasteiger partial charge on any atom is 0.408 e. The highest BCUT2D eigenvalue weighted by molar-refractivity contribution is 8.16. The number of amidine groups is 1. The van der Waals surface area contributed by atoms with Gasteiger partial charge in [0.05, 0.1) is 33.3 Å². The lowest BCUT2D eigenvalue weighted by Gasteiger charge is -2.27. The summed E-state index contributed by atoms with van der Waals surface area (Å²) in [6, 6.07) is 12.7. The molecule has 2 aliphatic heterocycles. The average molecular weight is 585 g/mol. The lowest BCUT2D eigenvalue weighted by atomic mass is 10.1. The Bertz CT molecular complexity index is 1310. The van der Waals surface area contributed by atoms with E-state index in [1.807, 2.05) is 30.3 Å². The number of rotatable bonds is 5. The Morgan fingerprint density at radius 3 is 2.38 bits per heavy atom. The molecule has 2 heterocycles. The third kappa shape index (κ3) is 6.79. The number of hydrogen-bond donors (Lipinski definition) is 1. The number of benzene rings is 2. The Labute approximate surface area is 230 Å². The first-order chi connectivity index (χ1) is 17.3. The molecule has 0 unspecified atom stereocenters. The number of carbonyl (C=O) groups is 2. The van der Waals surface area contributed by atoms with Crippen LogP contribution in [0.2, 0.25) is 10.0 Å². The van der Waals surface area contributed by atoms with Gasteiger partial charge in [0.25, 0.3) is 5.91 Å². The molecule has 1 N–H and O–H groups in total. The van der Waals surface area contributed by atoms with Crippen molar-refractivity contribution in [1.29, 1.82) is 0 Å². The lowest BCUT2D eigenvalue weighted by molar-refractivity contribution is -0.119. The molecule has 2 aromatic carbocycles. The van der Waals surface area contributed by atoms with E-state index in [0.29, 0.717) is 15.7 Å². The molecule has 0 bridgehead atoms. The summed E-state index contributed by atoms with van der Waals surface area (Å²) in [5.41, 5.74) is 0.470. The van der Waals surface area contributed by atoms with Gasteiger partial charge < -0.3 is 15.0 Å². The normalized spacial score (nSPS) is 22.5. The number of sulfone groups is 1. The molecule has 0 radical (unpaired) electrons. The van der Waals surface area contributed by atoms with Gasteiger partial charge in [-0.15, -0.1) is 0 Å². The topological polar surface area (TPSA) is 105 Å². The molecule has 3 atom stereocenters. The van der Waals surface area contributed by atoms with Crippen LogP contribution >= 0.6 is 35.0 Å². The molecule has 8 nitrogen and oxygen atoms in total. The number of alkyl carbamates (subject to hydrolysis) is 1. The van der Waals surface area contributed by atoms with Gasteiger partial charge in [0.15, 0.2) is 15.0 Å². The van der Waals surface area contributed by atoms with Crippen molar-refractivity contribution < 1.29 is 22.7 Å². The van der Waals surface area contributed by atoms with E-state index in [-0.39, 0.29) is 28.3 Å². The van der Waals surface area contributed by atoms with Gasteiger partial charge in [-0.1, -0.05) is 71.4 Å². The van der Waals surface area contributed by atoms with Gasteiger partial charge in [-0.2, -0.15) is 4.99 Å². The molecule has 12 heteroatoms. The van der Waals surface area contributed by atoms with Crippen molar-refractivity contribution in [1.82, 2.24) is 5.32 Å². The van der Waals surface area contributed by atoms with Crippen LogP contribution in [0.1, 0.15) is 26.3 Å². The van der Waals surface area contributed by atoms with Crippen LogP contribution in [0.3, 0.4) is 0 Å². The van der Waals surface area contributed by atoms with Crippen molar-refractivity contribution in [3.8, 4) is 0 Å². The zero-order chi connectivity index (χ0) is 27.0. The Balaban J connectivity index is 1.69. The van der Waals surface area contributed by atoms with Crippen LogP contribution < -0.4 is 10.2 Å². The fourth-order valence-electron chi connectivity index (χ4n) is 4.22. The van der Waals surface area contributed by atoms with Gasteiger partial charge >= 0.3 is 6.09 Å². The van der Waals surface area contributed by atoms with Crippen molar-refractivity contribution in [2.45, 2.75) is 50.1 Å². The van der Waals surface area contributed by atoms with Crippen LogP contribution in [-0.4, -0.2) is 60.0 Å². The summed E-state index contributed by atoms with van der Waals surface area (Å²) in [6.07, 6.45) is -0.552. The van der Waals surface area contributed by atoms with E-state index in [9.17, 15) is 18.0 Å². The quantitative estimate of drug-likeness (QED) is 0.542. The molecule has 37 heavy (non-hydrogen) atoms. The predicted octanol–water partition coefficient (Wildman–Crippen LogP) is 4.73. The van der Waals surface area contributed by atoms with E-state index in [4.69, 9.17) is 27.9 Å².